The van der Waals surface area contributed by atoms with Crippen molar-refractivity contribution in [3.8, 4) is 0 Å². The number of aliphatic carboxylic acids is 1. The Morgan fingerprint density at radius 2 is 1.92 bits per heavy atom. The van der Waals surface area contributed by atoms with Crippen LogP contribution in [0.5, 0.6) is 0 Å². The minimum absolute atomic E-state index is 0.182. The number of hydrogen-bond donors (Lipinski definition) is 2. The van der Waals surface area contributed by atoms with Gasteiger partial charge in [0.15, 0.2) is 0 Å². The maximum Gasteiger partial charge on any atom is 0.410 e. The zero-order chi connectivity index (χ0) is 19.3. The number of carboxylic acid groups (broad SMARTS) is 1. The molecule has 1 aromatic rings. The molecule has 2 rings (SSSR count). The first-order valence-electron chi connectivity index (χ1n) is 8.74. The largest absolute Gasteiger partial charge is 0.480 e. The van der Waals surface area contributed by atoms with Gasteiger partial charge >= 0.3 is 12.1 Å². The molecule has 0 radical (unpaired) electrons. The summed E-state index contributed by atoms with van der Waals surface area (Å²) in [6.45, 7) is 5.70. The summed E-state index contributed by atoms with van der Waals surface area (Å²) in [7, 11) is 0. The number of nitrogens with one attached hydrogen (secondary N) is 1. The van der Waals surface area contributed by atoms with Gasteiger partial charge in [0.1, 0.15) is 17.7 Å². The van der Waals surface area contributed by atoms with Gasteiger partial charge in [0.05, 0.1) is 0 Å². The van der Waals surface area contributed by atoms with E-state index in [2.05, 4.69) is 5.32 Å². The Hall–Kier alpha value is -2.57. The summed E-state index contributed by atoms with van der Waals surface area (Å²) in [6.07, 6.45) is 0.794. The molecule has 1 aliphatic rings. The first-order chi connectivity index (χ1) is 12.2. The monoisotopic (exact) mass is 362 g/mol. The third-order valence-corrected chi connectivity index (χ3v) is 4.08. The van der Waals surface area contributed by atoms with E-state index in [1.807, 2.05) is 30.3 Å². The molecule has 142 valence electrons. The molecule has 1 saturated heterocycles. The fourth-order valence-corrected chi connectivity index (χ4v) is 2.90. The van der Waals surface area contributed by atoms with Crippen molar-refractivity contribution >= 4 is 18.0 Å². The van der Waals surface area contributed by atoms with Crippen molar-refractivity contribution in [2.45, 2.75) is 57.7 Å². The van der Waals surface area contributed by atoms with Crippen LogP contribution in [-0.4, -0.2) is 52.2 Å². The van der Waals surface area contributed by atoms with Crippen molar-refractivity contribution in [1.82, 2.24) is 10.2 Å². The lowest BCUT2D eigenvalue weighted by molar-refractivity contribution is -0.142. The highest BCUT2D eigenvalue weighted by atomic mass is 16.6. The van der Waals surface area contributed by atoms with E-state index in [0.717, 1.165) is 5.56 Å². The minimum Gasteiger partial charge on any atom is -0.480 e. The lowest BCUT2D eigenvalue weighted by atomic mass is 10.1. The van der Waals surface area contributed by atoms with Gasteiger partial charge < -0.3 is 15.2 Å². The number of benzene rings is 1. The van der Waals surface area contributed by atoms with Crippen molar-refractivity contribution in [2.24, 2.45) is 0 Å². The van der Waals surface area contributed by atoms with Crippen LogP contribution < -0.4 is 5.32 Å². The van der Waals surface area contributed by atoms with E-state index in [9.17, 15) is 19.5 Å². The molecule has 1 unspecified atom stereocenters. The van der Waals surface area contributed by atoms with Crippen LogP contribution in [-0.2, 0) is 20.7 Å². The molecule has 2 amide bonds. The van der Waals surface area contributed by atoms with Crippen molar-refractivity contribution in [1.29, 1.82) is 0 Å². The molecule has 2 N–H and O–H groups in total. The second-order valence-electron chi connectivity index (χ2n) is 7.42. The van der Waals surface area contributed by atoms with Crippen LogP contribution in [0.25, 0.3) is 0 Å². The molecule has 26 heavy (non-hydrogen) atoms. The Bertz CT molecular complexity index is 654. The molecule has 7 heteroatoms. The fourth-order valence-electron chi connectivity index (χ4n) is 2.90. The highest BCUT2D eigenvalue weighted by Crippen LogP contribution is 2.21. The van der Waals surface area contributed by atoms with E-state index in [-0.39, 0.29) is 6.42 Å². The van der Waals surface area contributed by atoms with Gasteiger partial charge in [0.25, 0.3) is 0 Å². The topological polar surface area (TPSA) is 95.9 Å². The summed E-state index contributed by atoms with van der Waals surface area (Å²) in [5.41, 5.74) is 0.160. The highest BCUT2D eigenvalue weighted by Gasteiger charge is 2.37. The molecule has 1 aromatic carbocycles. The number of ether oxygens (including phenoxy) is 1. The van der Waals surface area contributed by atoms with E-state index >= 15 is 0 Å². The van der Waals surface area contributed by atoms with Gasteiger partial charge in [-0.2, -0.15) is 0 Å². The average molecular weight is 362 g/mol. The van der Waals surface area contributed by atoms with Gasteiger partial charge in [-0.15, -0.1) is 0 Å². The molecule has 0 aromatic heterocycles. The maximum atomic E-state index is 12.6. The molecule has 1 aliphatic heterocycles. The number of carboxylic acids is 1. The SMILES string of the molecule is CC(C)(C)OC(=O)N1CCC[C@@H]1C(=O)NC(Cc1ccccc1)C(=O)O. The van der Waals surface area contributed by atoms with E-state index < -0.39 is 35.7 Å². The number of nitrogens with zero attached hydrogens (tertiary/aromatic N) is 1. The Balaban J connectivity index is 2.03. The minimum atomic E-state index is -1.11. The van der Waals surface area contributed by atoms with Crippen LogP contribution in [0, 0.1) is 0 Å². The molecule has 0 saturated carbocycles. The van der Waals surface area contributed by atoms with Crippen LogP contribution in [0.3, 0.4) is 0 Å². The Labute approximate surface area is 153 Å². The van der Waals surface area contributed by atoms with Crippen LogP contribution in [0.4, 0.5) is 4.79 Å². The lowest BCUT2D eigenvalue weighted by Crippen LogP contribution is -2.52. The van der Waals surface area contributed by atoms with Gasteiger partial charge in [-0.05, 0) is 39.2 Å². The summed E-state index contributed by atoms with van der Waals surface area (Å²) >= 11 is 0. The smallest absolute Gasteiger partial charge is 0.410 e. The molecule has 0 spiro atoms. The summed E-state index contributed by atoms with van der Waals surface area (Å²) in [5.74, 6) is -1.57. The number of carbonyl (C=O) groups is 3. The number of hydrogen-bond acceptors (Lipinski definition) is 4. The number of amides is 2. The standard InChI is InChI=1S/C19H26N2O5/c1-19(2,3)26-18(25)21-11-7-10-15(21)16(22)20-14(17(23)24)12-13-8-5-4-6-9-13/h4-6,8-9,14-15H,7,10-12H2,1-3H3,(H,20,22)(H,23,24)/t14?,15-/m1/s1. The highest BCUT2D eigenvalue weighted by molar-refractivity contribution is 5.89. The predicted molar refractivity (Wildman–Crippen MR) is 95.7 cm³/mol. The zero-order valence-electron chi connectivity index (χ0n) is 15.4. The van der Waals surface area contributed by atoms with E-state index in [0.29, 0.717) is 19.4 Å². The van der Waals surface area contributed by atoms with E-state index in [4.69, 9.17) is 4.74 Å². The van der Waals surface area contributed by atoms with Gasteiger partial charge in [-0.25, -0.2) is 9.59 Å². The number of rotatable bonds is 5. The fraction of sp³-hybridized carbons (Fsp3) is 0.526. The lowest BCUT2D eigenvalue weighted by Gasteiger charge is -2.28. The average Bonchev–Trinajstić information content (AvgIpc) is 3.03. The van der Waals surface area contributed by atoms with Gasteiger partial charge in [0.2, 0.25) is 5.91 Å². The second kappa shape index (κ2) is 8.21. The normalized spacial score (nSPS) is 18.3. The Morgan fingerprint density at radius 1 is 1.27 bits per heavy atom. The van der Waals surface area contributed by atoms with Gasteiger partial charge in [-0.3, -0.25) is 9.69 Å². The van der Waals surface area contributed by atoms with Crippen LogP contribution in [0.1, 0.15) is 39.2 Å². The first kappa shape index (κ1) is 19.8. The molecule has 7 nitrogen and oxygen atoms in total. The quantitative estimate of drug-likeness (QED) is 0.837. The molecule has 2 atom stereocenters. The van der Waals surface area contributed by atoms with Crippen molar-refractivity contribution in [3.05, 3.63) is 35.9 Å². The van der Waals surface area contributed by atoms with Crippen molar-refractivity contribution < 1.29 is 24.2 Å². The summed E-state index contributed by atoms with van der Waals surface area (Å²) in [5, 5.41) is 12.0. The summed E-state index contributed by atoms with van der Waals surface area (Å²) in [6, 6.07) is 7.34. The van der Waals surface area contributed by atoms with Crippen molar-refractivity contribution in [3.63, 3.8) is 0 Å². The van der Waals surface area contributed by atoms with E-state index in [1.165, 1.54) is 4.90 Å². The third-order valence-electron chi connectivity index (χ3n) is 4.08. The third kappa shape index (κ3) is 5.47. The van der Waals surface area contributed by atoms with Crippen molar-refractivity contribution in [2.75, 3.05) is 6.54 Å². The molecule has 1 fully saturated rings. The Kier molecular flexibility index (Phi) is 6.23. The number of carbonyl (C=O) groups excluding carboxylic acids is 2. The van der Waals surface area contributed by atoms with E-state index in [1.54, 1.807) is 20.8 Å². The van der Waals surface area contributed by atoms with Crippen LogP contribution in [0.2, 0.25) is 0 Å². The van der Waals surface area contributed by atoms with Crippen LogP contribution in [0.15, 0.2) is 30.3 Å². The van der Waals surface area contributed by atoms with Gasteiger partial charge in [0, 0.05) is 13.0 Å². The molecule has 0 bridgehead atoms. The summed E-state index contributed by atoms with van der Waals surface area (Å²) < 4.78 is 5.34. The molecular weight excluding hydrogens is 336 g/mol. The number of likely N-dealkylation sites (tertiary alicyclic amines) is 1. The molecule has 1 heterocycles. The van der Waals surface area contributed by atoms with Gasteiger partial charge in [-0.1, -0.05) is 30.3 Å². The maximum absolute atomic E-state index is 12.6. The molecule has 0 aliphatic carbocycles. The van der Waals surface area contributed by atoms with Crippen LogP contribution >= 0.6 is 0 Å². The first-order valence-corrected chi connectivity index (χ1v) is 8.74. The zero-order valence-corrected chi connectivity index (χ0v) is 15.4. The summed E-state index contributed by atoms with van der Waals surface area (Å²) in [4.78, 5) is 37.8. The molecular formula is C19H26N2O5. The predicted octanol–water partition coefficient (Wildman–Crippen LogP) is 2.20. The Morgan fingerprint density at radius 3 is 2.50 bits per heavy atom. The second-order valence-corrected chi connectivity index (χ2v) is 7.42.